The minimum Gasteiger partial charge on any atom is -0.493 e. The second-order valence-corrected chi connectivity index (χ2v) is 6.98. The number of hydrogen-bond acceptors (Lipinski definition) is 6. The molecule has 0 saturated carbocycles. The van der Waals surface area contributed by atoms with Gasteiger partial charge in [0.15, 0.2) is 11.5 Å². The van der Waals surface area contributed by atoms with Crippen LogP contribution in [0.3, 0.4) is 0 Å². The third kappa shape index (κ3) is 4.56. The molecule has 0 aliphatic carbocycles. The second-order valence-electron chi connectivity index (χ2n) is 6.98. The highest BCUT2D eigenvalue weighted by Gasteiger charge is 2.23. The first-order valence-corrected chi connectivity index (χ1v) is 9.35. The molecule has 0 saturated heterocycles. The van der Waals surface area contributed by atoms with Crippen LogP contribution in [-0.4, -0.2) is 41.2 Å². The average Bonchev–Trinajstić information content (AvgIpc) is 3.19. The maximum absolute atomic E-state index is 13.1. The zero-order valence-corrected chi connectivity index (χ0v) is 17.3. The molecule has 2 aromatic carbocycles. The zero-order chi connectivity index (χ0) is 21.0. The van der Waals surface area contributed by atoms with Gasteiger partial charge in [0.05, 0.1) is 14.2 Å². The second kappa shape index (κ2) is 8.77. The van der Waals surface area contributed by atoms with Crippen LogP contribution in [0.15, 0.2) is 47.0 Å². The fourth-order valence-corrected chi connectivity index (χ4v) is 2.99. The van der Waals surface area contributed by atoms with Gasteiger partial charge in [-0.3, -0.25) is 4.79 Å². The molecule has 0 bridgehead atoms. The first kappa shape index (κ1) is 20.4. The van der Waals surface area contributed by atoms with Crippen molar-refractivity contribution in [1.82, 2.24) is 15.0 Å². The van der Waals surface area contributed by atoms with E-state index in [4.69, 9.17) is 14.0 Å². The molecular formula is C22H25N3O4. The third-order valence-electron chi connectivity index (χ3n) is 4.56. The lowest BCUT2D eigenvalue weighted by Crippen LogP contribution is -2.36. The maximum atomic E-state index is 13.1. The van der Waals surface area contributed by atoms with Crippen LogP contribution < -0.4 is 9.47 Å². The normalized spacial score (nSPS) is 10.8. The molecule has 1 amide bonds. The van der Waals surface area contributed by atoms with Crippen molar-refractivity contribution in [3.05, 3.63) is 59.5 Å². The summed E-state index contributed by atoms with van der Waals surface area (Å²) in [4.78, 5) is 19.3. The van der Waals surface area contributed by atoms with Crippen LogP contribution in [0.2, 0.25) is 0 Å². The number of amides is 1. The fourth-order valence-electron chi connectivity index (χ4n) is 2.99. The summed E-state index contributed by atoms with van der Waals surface area (Å²) >= 11 is 0. The summed E-state index contributed by atoms with van der Waals surface area (Å²) in [6.45, 7) is 6.10. The van der Waals surface area contributed by atoms with E-state index in [2.05, 4.69) is 10.1 Å². The Kier molecular flexibility index (Phi) is 6.16. The van der Waals surface area contributed by atoms with Crippen LogP contribution in [0, 0.1) is 6.92 Å². The summed E-state index contributed by atoms with van der Waals surface area (Å²) in [5, 5.41) is 4.06. The molecule has 1 heterocycles. The van der Waals surface area contributed by atoms with E-state index in [0.29, 0.717) is 28.8 Å². The van der Waals surface area contributed by atoms with Crippen molar-refractivity contribution in [2.24, 2.45) is 0 Å². The monoisotopic (exact) mass is 395 g/mol. The number of nitrogens with zero attached hydrogens (tertiary/aromatic N) is 3. The molecule has 7 heteroatoms. The summed E-state index contributed by atoms with van der Waals surface area (Å²) in [6.07, 6.45) is 0. The number of hydrogen-bond donors (Lipinski definition) is 0. The van der Waals surface area contributed by atoms with E-state index in [9.17, 15) is 4.79 Å². The lowest BCUT2D eigenvalue weighted by atomic mass is 10.1. The first-order chi connectivity index (χ1) is 13.9. The SMILES string of the molecule is COc1ccc(C(=O)N(Cc2nc(-c3cccc(C)c3)no2)C(C)C)cc1OC. The molecular weight excluding hydrogens is 370 g/mol. The summed E-state index contributed by atoms with van der Waals surface area (Å²) in [5.74, 6) is 1.80. The van der Waals surface area contributed by atoms with Gasteiger partial charge in [-0.1, -0.05) is 28.9 Å². The standard InChI is InChI=1S/C22H25N3O4/c1-14(2)25(22(26)17-9-10-18(27-4)19(12-17)28-5)13-20-23-21(24-29-20)16-8-6-7-15(3)11-16/h6-12,14H,13H2,1-5H3. The van der Waals surface area contributed by atoms with E-state index in [1.165, 1.54) is 7.11 Å². The third-order valence-corrected chi connectivity index (χ3v) is 4.56. The average molecular weight is 395 g/mol. The number of rotatable bonds is 7. The van der Waals surface area contributed by atoms with E-state index in [1.807, 2.05) is 45.0 Å². The van der Waals surface area contributed by atoms with Crippen molar-refractivity contribution in [2.45, 2.75) is 33.4 Å². The van der Waals surface area contributed by atoms with Gasteiger partial charge in [0.25, 0.3) is 5.91 Å². The van der Waals surface area contributed by atoms with E-state index in [0.717, 1.165) is 11.1 Å². The molecule has 0 N–H and O–H groups in total. The number of carbonyl (C=O) groups is 1. The van der Waals surface area contributed by atoms with Crippen LogP contribution in [-0.2, 0) is 6.54 Å². The lowest BCUT2D eigenvalue weighted by Gasteiger charge is -2.25. The maximum Gasteiger partial charge on any atom is 0.254 e. The molecule has 0 aliphatic heterocycles. The molecule has 0 unspecified atom stereocenters. The topological polar surface area (TPSA) is 77.7 Å². The Labute approximate surface area is 170 Å². The number of methoxy groups -OCH3 is 2. The molecule has 0 spiro atoms. The number of ether oxygens (including phenoxy) is 2. The van der Waals surface area contributed by atoms with Crippen LogP contribution >= 0.6 is 0 Å². The van der Waals surface area contributed by atoms with Crippen molar-refractivity contribution in [3.8, 4) is 22.9 Å². The summed E-state index contributed by atoms with van der Waals surface area (Å²) < 4.78 is 16.0. The molecule has 3 rings (SSSR count). The molecule has 1 aromatic heterocycles. The van der Waals surface area contributed by atoms with Gasteiger partial charge >= 0.3 is 0 Å². The Hall–Kier alpha value is -3.35. The minimum atomic E-state index is -0.156. The van der Waals surface area contributed by atoms with Crippen LogP contribution in [0.1, 0.15) is 35.7 Å². The van der Waals surface area contributed by atoms with Gasteiger partial charge in [0, 0.05) is 17.2 Å². The summed E-state index contributed by atoms with van der Waals surface area (Å²) in [6, 6.07) is 12.9. The Morgan fingerprint density at radius 3 is 2.52 bits per heavy atom. The van der Waals surface area contributed by atoms with Gasteiger partial charge in [-0.05, 0) is 45.0 Å². The highest BCUT2D eigenvalue weighted by molar-refractivity contribution is 5.95. The van der Waals surface area contributed by atoms with Crippen LogP contribution in [0.5, 0.6) is 11.5 Å². The van der Waals surface area contributed by atoms with Crippen molar-refractivity contribution in [2.75, 3.05) is 14.2 Å². The molecule has 0 aliphatic rings. The lowest BCUT2D eigenvalue weighted by molar-refractivity contribution is 0.0667. The quantitative estimate of drug-likeness (QED) is 0.599. The van der Waals surface area contributed by atoms with Crippen LogP contribution in [0.4, 0.5) is 0 Å². The first-order valence-electron chi connectivity index (χ1n) is 9.35. The highest BCUT2D eigenvalue weighted by atomic mass is 16.5. The number of carbonyl (C=O) groups excluding carboxylic acids is 1. The molecule has 0 radical (unpaired) electrons. The summed E-state index contributed by atoms with van der Waals surface area (Å²) in [5.41, 5.74) is 2.48. The highest BCUT2D eigenvalue weighted by Crippen LogP contribution is 2.28. The van der Waals surface area contributed by atoms with Crippen molar-refractivity contribution in [3.63, 3.8) is 0 Å². The zero-order valence-electron chi connectivity index (χ0n) is 17.3. The van der Waals surface area contributed by atoms with Crippen LogP contribution in [0.25, 0.3) is 11.4 Å². The molecule has 29 heavy (non-hydrogen) atoms. The van der Waals surface area contributed by atoms with Crippen molar-refractivity contribution >= 4 is 5.91 Å². The summed E-state index contributed by atoms with van der Waals surface area (Å²) in [7, 11) is 3.10. The number of aromatic nitrogens is 2. The Balaban J connectivity index is 1.83. The van der Waals surface area contributed by atoms with Gasteiger partial charge < -0.3 is 18.9 Å². The number of aryl methyl sites for hydroxylation is 1. The predicted octanol–water partition coefficient (Wildman–Crippen LogP) is 4.11. The van der Waals surface area contributed by atoms with E-state index < -0.39 is 0 Å². The van der Waals surface area contributed by atoms with Crippen molar-refractivity contribution in [1.29, 1.82) is 0 Å². The molecule has 152 valence electrons. The van der Waals surface area contributed by atoms with E-state index >= 15 is 0 Å². The van der Waals surface area contributed by atoms with E-state index in [1.54, 1.807) is 30.2 Å². The van der Waals surface area contributed by atoms with Gasteiger partial charge in [-0.2, -0.15) is 4.98 Å². The van der Waals surface area contributed by atoms with E-state index in [-0.39, 0.29) is 18.5 Å². The molecule has 7 nitrogen and oxygen atoms in total. The molecule has 0 fully saturated rings. The Morgan fingerprint density at radius 2 is 1.86 bits per heavy atom. The largest absolute Gasteiger partial charge is 0.493 e. The smallest absolute Gasteiger partial charge is 0.254 e. The van der Waals surface area contributed by atoms with Gasteiger partial charge in [-0.25, -0.2) is 0 Å². The van der Waals surface area contributed by atoms with Gasteiger partial charge in [0.1, 0.15) is 6.54 Å². The molecule has 3 aromatic rings. The van der Waals surface area contributed by atoms with Gasteiger partial charge in [-0.15, -0.1) is 0 Å². The predicted molar refractivity (Wildman–Crippen MR) is 109 cm³/mol. The minimum absolute atomic E-state index is 0.0649. The fraction of sp³-hybridized carbons (Fsp3) is 0.318. The molecule has 0 atom stereocenters. The Morgan fingerprint density at radius 1 is 1.10 bits per heavy atom. The number of benzene rings is 2. The van der Waals surface area contributed by atoms with Crippen molar-refractivity contribution < 1.29 is 18.8 Å². The Bertz CT molecular complexity index is 997. The van der Waals surface area contributed by atoms with Gasteiger partial charge in [0.2, 0.25) is 11.7 Å².